The lowest BCUT2D eigenvalue weighted by Gasteiger charge is -2.32. The van der Waals surface area contributed by atoms with Crippen molar-refractivity contribution in [2.75, 3.05) is 20.3 Å². The van der Waals surface area contributed by atoms with Gasteiger partial charge in [-0.15, -0.1) is 6.58 Å². The Balaban J connectivity index is 0.00000147. The molecule has 41 heavy (non-hydrogen) atoms. The Morgan fingerprint density at radius 1 is 1.17 bits per heavy atom. The molecule has 1 aliphatic rings. The quantitative estimate of drug-likeness (QED) is 0.0936. The number of halogens is 1. The first-order valence-corrected chi connectivity index (χ1v) is 15.1. The second kappa shape index (κ2) is 15.9. The fraction of sp³-hybridized carbons (Fsp3) is 0.258. The highest BCUT2D eigenvalue weighted by Crippen LogP contribution is 2.30. The molecule has 0 fully saturated rings. The third-order valence-electron chi connectivity index (χ3n) is 6.17. The molecule has 7 nitrogen and oxygen atoms in total. The molecule has 1 aliphatic heterocycles. The topological polar surface area (TPSA) is 95.1 Å². The predicted octanol–water partition coefficient (Wildman–Crippen LogP) is 6.50. The van der Waals surface area contributed by atoms with Crippen LogP contribution in [0.25, 0.3) is 0 Å². The maximum Gasteiger partial charge on any atom is 0.283 e. The molecule has 1 atom stereocenters. The molecule has 0 aliphatic carbocycles. The number of hydrazone groups is 1. The van der Waals surface area contributed by atoms with Gasteiger partial charge < -0.3 is 4.74 Å². The van der Waals surface area contributed by atoms with Crippen LogP contribution in [-0.2, 0) is 14.8 Å². The van der Waals surface area contributed by atoms with E-state index in [-0.39, 0.29) is 16.5 Å². The van der Waals surface area contributed by atoms with Gasteiger partial charge in [0.15, 0.2) is 0 Å². The third-order valence-corrected chi connectivity index (χ3v) is 7.72. The van der Waals surface area contributed by atoms with Crippen molar-refractivity contribution in [3.63, 3.8) is 0 Å². The Morgan fingerprint density at radius 2 is 1.83 bits per heavy atom. The average molecular weight is 588 g/mol. The van der Waals surface area contributed by atoms with Gasteiger partial charge in [-0.1, -0.05) is 66.5 Å². The molecule has 0 N–H and O–H groups in total. The predicted molar refractivity (Wildman–Crippen MR) is 167 cm³/mol. The van der Waals surface area contributed by atoms with Gasteiger partial charge in [0.05, 0.1) is 28.0 Å². The maximum absolute atomic E-state index is 13.2. The van der Waals surface area contributed by atoms with E-state index in [9.17, 15) is 8.42 Å². The maximum atomic E-state index is 13.2. The smallest absolute Gasteiger partial charge is 0.283 e. The van der Waals surface area contributed by atoms with E-state index >= 15 is 0 Å². The van der Waals surface area contributed by atoms with E-state index in [4.69, 9.17) is 26.7 Å². The second-order valence-corrected chi connectivity index (χ2v) is 11.2. The fourth-order valence-corrected chi connectivity index (χ4v) is 5.35. The molecule has 0 spiro atoms. The molecule has 4 rings (SSSR count). The van der Waals surface area contributed by atoms with Crippen molar-refractivity contribution in [1.82, 2.24) is 5.01 Å². The number of hydrogen-bond donors (Lipinski definition) is 0. The van der Waals surface area contributed by atoms with Crippen LogP contribution in [0.1, 0.15) is 42.4 Å². The normalized spacial score (nSPS) is 15.2. The van der Waals surface area contributed by atoms with Gasteiger partial charge in [0.1, 0.15) is 0 Å². The van der Waals surface area contributed by atoms with Gasteiger partial charge in [-0.25, -0.2) is 0 Å². The number of ether oxygens (including phenoxy) is 1. The van der Waals surface area contributed by atoms with Crippen molar-refractivity contribution in [2.24, 2.45) is 9.50 Å². The zero-order valence-electron chi connectivity index (χ0n) is 23.3. The van der Waals surface area contributed by atoms with E-state index in [1.807, 2.05) is 55.5 Å². The Hall–Kier alpha value is -3.71. The summed E-state index contributed by atoms with van der Waals surface area (Å²) in [6.45, 7) is 6.28. The van der Waals surface area contributed by atoms with Crippen molar-refractivity contribution in [2.45, 2.75) is 36.9 Å². The van der Waals surface area contributed by atoms with E-state index in [0.717, 1.165) is 16.8 Å². The number of nitriles is 1. The number of amidine groups is 1. The summed E-state index contributed by atoms with van der Waals surface area (Å²) >= 11 is 6.15. The Morgan fingerprint density at radius 3 is 2.44 bits per heavy atom. The number of nitrogens with zero attached hydrogens (tertiary/aromatic N) is 4. The molecule has 0 aromatic heterocycles. The summed E-state index contributed by atoms with van der Waals surface area (Å²) in [5.41, 5.74) is 3.48. The molecule has 1 unspecified atom stereocenters. The Labute approximate surface area is 249 Å². The van der Waals surface area contributed by atoms with Crippen LogP contribution in [-0.4, -0.2) is 52.4 Å². The second-order valence-electron chi connectivity index (χ2n) is 9.18. The molecule has 0 saturated carbocycles. The highest BCUT2D eigenvalue weighted by molar-refractivity contribution is 7.90. The minimum Gasteiger partial charge on any atom is -0.385 e. The van der Waals surface area contributed by atoms with Crippen LogP contribution in [0.3, 0.4) is 0 Å². The molecular weight excluding hydrogens is 555 g/mol. The van der Waals surface area contributed by atoms with Gasteiger partial charge in [-0.2, -0.15) is 23.2 Å². The molecule has 0 saturated heterocycles. The SMILES string of the molecule is C=CC.COCCC[B]/C(=N\S(=O)(=O)c1ccc(C#N)cc1)N1CCC(c2ccccc2)C(c2ccc(Cl)cc2)=N1. The molecule has 0 amide bonds. The molecule has 10 heteroatoms. The first kappa shape index (κ1) is 31.8. The molecule has 3 aromatic rings. The lowest BCUT2D eigenvalue weighted by molar-refractivity contribution is 0.199. The molecule has 1 heterocycles. The van der Waals surface area contributed by atoms with Gasteiger partial charge in [0.25, 0.3) is 10.0 Å². The number of sulfonamides is 1. The summed E-state index contributed by atoms with van der Waals surface area (Å²) < 4.78 is 35.8. The van der Waals surface area contributed by atoms with Crippen molar-refractivity contribution in [3.8, 4) is 6.07 Å². The van der Waals surface area contributed by atoms with Gasteiger partial charge >= 0.3 is 0 Å². The summed E-state index contributed by atoms with van der Waals surface area (Å²) in [5.74, 6) is 0.0264. The van der Waals surface area contributed by atoms with Crippen LogP contribution in [0.5, 0.6) is 0 Å². The van der Waals surface area contributed by atoms with Crippen molar-refractivity contribution >= 4 is 40.4 Å². The first-order valence-electron chi connectivity index (χ1n) is 13.2. The Bertz CT molecular complexity index is 1490. The van der Waals surface area contributed by atoms with E-state index in [2.05, 4.69) is 23.1 Å². The van der Waals surface area contributed by atoms with E-state index < -0.39 is 10.0 Å². The van der Waals surface area contributed by atoms with Crippen LogP contribution in [0.4, 0.5) is 0 Å². The molecular formula is C31H33BClN4O3S. The summed E-state index contributed by atoms with van der Waals surface area (Å²) in [7, 11) is -0.632. The molecule has 211 valence electrons. The number of benzene rings is 3. The third kappa shape index (κ3) is 9.15. The lowest BCUT2D eigenvalue weighted by atomic mass is 9.71. The highest BCUT2D eigenvalue weighted by atomic mass is 35.5. The zero-order valence-corrected chi connectivity index (χ0v) is 24.9. The van der Waals surface area contributed by atoms with Crippen LogP contribution < -0.4 is 0 Å². The average Bonchev–Trinajstić information content (AvgIpc) is 2.99. The number of methoxy groups -OCH3 is 1. The molecule has 1 radical (unpaired) electrons. The van der Waals surface area contributed by atoms with Crippen molar-refractivity contribution in [1.29, 1.82) is 5.26 Å². The van der Waals surface area contributed by atoms with Gasteiger partial charge in [0, 0.05) is 31.2 Å². The van der Waals surface area contributed by atoms with Gasteiger partial charge in [-0.3, -0.25) is 5.01 Å². The molecule has 3 aromatic carbocycles. The van der Waals surface area contributed by atoms with E-state index in [1.165, 1.54) is 24.3 Å². The van der Waals surface area contributed by atoms with Crippen LogP contribution in [0.2, 0.25) is 11.3 Å². The summed E-state index contributed by atoms with van der Waals surface area (Å²) in [6.07, 6.45) is 3.74. The van der Waals surface area contributed by atoms with Crippen LogP contribution in [0.15, 0.2) is 106 Å². The zero-order chi connectivity index (χ0) is 29.7. The highest BCUT2D eigenvalue weighted by Gasteiger charge is 2.29. The molecule has 0 bridgehead atoms. The lowest BCUT2D eigenvalue weighted by Crippen LogP contribution is -2.39. The fourth-order valence-electron chi connectivity index (χ4n) is 4.22. The Kier molecular flexibility index (Phi) is 12.4. The van der Waals surface area contributed by atoms with Gasteiger partial charge in [-0.05, 0) is 67.3 Å². The van der Waals surface area contributed by atoms with Gasteiger partial charge in [0.2, 0.25) is 7.28 Å². The van der Waals surface area contributed by atoms with E-state index in [0.29, 0.717) is 42.9 Å². The van der Waals surface area contributed by atoms with Crippen LogP contribution >= 0.6 is 11.6 Å². The minimum absolute atomic E-state index is 0.0142. The minimum atomic E-state index is -4.04. The first-order chi connectivity index (χ1) is 19.8. The van der Waals surface area contributed by atoms with Crippen molar-refractivity contribution < 1.29 is 13.2 Å². The monoisotopic (exact) mass is 587 g/mol. The number of hydrogen-bond acceptors (Lipinski definition) is 5. The van der Waals surface area contributed by atoms with E-state index in [1.54, 1.807) is 25.5 Å². The largest absolute Gasteiger partial charge is 0.385 e. The summed E-state index contributed by atoms with van der Waals surface area (Å²) in [4.78, 5) is 0.0142. The summed E-state index contributed by atoms with van der Waals surface area (Å²) in [6, 6.07) is 25.3. The van der Waals surface area contributed by atoms with Crippen LogP contribution in [0, 0.1) is 11.3 Å². The number of rotatable bonds is 9. The van der Waals surface area contributed by atoms with Crippen molar-refractivity contribution in [3.05, 3.63) is 113 Å². The standard InChI is InChI=1S/C28H27BClN4O3S.C3H6/c1-37-19-5-17-29-28(33-38(35,36)25-14-8-21(20-31)9-15-25)34-18-16-26(22-6-3-2-4-7-22)27(32-34)23-10-12-24(30)13-11-23;1-3-2/h2-4,6-15,26H,5,16-19H2,1H3;3H,1H2,2H3/b33-28+;. The number of allylic oxidation sites excluding steroid dienone is 1. The summed E-state index contributed by atoms with van der Waals surface area (Å²) in [5, 5.41) is 16.3.